The molecule has 2 heterocycles. The molecule has 3 rings (SSSR count). The maximum Gasteiger partial charge on any atom is 0.249 e. The number of aromatic nitrogens is 2. The lowest BCUT2D eigenvalue weighted by atomic mass is 10.0. The Hall–Kier alpha value is -2.14. The van der Waals surface area contributed by atoms with Crippen molar-refractivity contribution in [1.29, 1.82) is 0 Å². The molecule has 23 heavy (non-hydrogen) atoms. The van der Waals surface area contributed by atoms with E-state index in [0.29, 0.717) is 23.3 Å². The molecular formula is C17H18ClN3O2. The minimum Gasteiger partial charge on any atom is -0.337 e. The Labute approximate surface area is 139 Å². The number of nitrogens with zero attached hydrogens (tertiary/aromatic N) is 3. The Kier molecular flexibility index (Phi) is 4.76. The van der Waals surface area contributed by atoms with E-state index in [-0.39, 0.29) is 11.9 Å². The number of aryl methyl sites for hydroxylation is 1. The van der Waals surface area contributed by atoms with Crippen molar-refractivity contribution in [2.75, 3.05) is 6.54 Å². The molecule has 1 aliphatic rings. The number of piperidine rings is 1. The van der Waals surface area contributed by atoms with Crippen LogP contribution in [0.2, 0.25) is 5.02 Å². The Balaban J connectivity index is 1.74. The summed E-state index contributed by atoms with van der Waals surface area (Å²) in [5.74, 6) is 1.07. The van der Waals surface area contributed by atoms with Gasteiger partial charge in [0.1, 0.15) is 6.04 Å². The molecule has 1 fully saturated rings. The van der Waals surface area contributed by atoms with Gasteiger partial charge in [-0.15, -0.1) is 0 Å². The average molecular weight is 332 g/mol. The standard InChI is InChI=1S/C17H18ClN3O2/c1-12-19-17(23-20-12)15-4-2-3-11-21(15)16(22)10-7-13-5-8-14(18)9-6-13/h5-10,15H,2-4,11H2,1H3. The highest BCUT2D eigenvalue weighted by molar-refractivity contribution is 6.30. The average Bonchev–Trinajstić information content (AvgIpc) is 3.00. The molecule has 6 heteroatoms. The fourth-order valence-electron chi connectivity index (χ4n) is 2.74. The highest BCUT2D eigenvalue weighted by Crippen LogP contribution is 2.30. The van der Waals surface area contributed by atoms with Gasteiger partial charge >= 0.3 is 0 Å². The molecule has 1 aromatic heterocycles. The van der Waals surface area contributed by atoms with E-state index < -0.39 is 0 Å². The van der Waals surface area contributed by atoms with Crippen molar-refractivity contribution < 1.29 is 9.32 Å². The number of likely N-dealkylation sites (tertiary alicyclic amines) is 1. The van der Waals surface area contributed by atoms with Crippen molar-refractivity contribution in [1.82, 2.24) is 15.0 Å². The van der Waals surface area contributed by atoms with E-state index in [4.69, 9.17) is 16.1 Å². The van der Waals surface area contributed by atoms with Gasteiger partial charge in [-0.1, -0.05) is 28.9 Å². The van der Waals surface area contributed by atoms with Crippen LogP contribution in [0.5, 0.6) is 0 Å². The van der Waals surface area contributed by atoms with Crippen molar-refractivity contribution >= 4 is 23.6 Å². The highest BCUT2D eigenvalue weighted by atomic mass is 35.5. The van der Waals surface area contributed by atoms with E-state index in [1.165, 1.54) is 0 Å². The second kappa shape index (κ2) is 6.96. The summed E-state index contributed by atoms with van der Waals surface area (Å²) < 4.78 is 5.27. The summed E-state index contributed by atoms with van der Waals surface area (Å²) in [5.41, 5.74) is 0.935. The minimum absolute atomic E-state index is 0.0412. The molecule has 0 aliphatic carbocycles. The first-order valence-electron chi connectivity index (χ1n) is 7.68. The van der Waals surface area contributed by atoms with Gasteiger partial charge in [-0.2, -0.15) is 4.98 Å². The summed E-state index contributed by atoms with van der Waals surface area (Å²) in [6.07, 6.45) is 6.28. The van der Waals surface area contributed by atoms with Gasteiger partial charge in [0, 0.05) is 17.6 Å². The molecule has 1 aliphatic heterocycles. The van der Waals surface area contributed by atoms with E-state index in [2.05, 4.69) is 10.1 Å². The summed E-state index contributed by atoms with van der Waals surface area (Å²) in [6, 6.07) is 7.22. The number of halogens is 1. The molecule has 1 atom stereocenters. The number of carbonyl (C=O) groups excluding carboxylic acids is 1. The first-order chi connectivity index (χ1) is 11.1. The summed E-state index contributed by atoms with van der Waals surface area (Å²) in [7, 11) is 0. The van der Waals surface area contributed by atoms with Gasteiger partial charge in [-0.25, -0.2) is 0 Å². The van der Waals surface area contributed by atoms with Gasteiger partial charge in [-0.3, -0.25) is 4.79 Å². The Morgan fingerprint density at radius 1 is 1.35 bits per heavy atom. The maximum atomic E-state index is 12.6. The number of hydrogen-bond donors (Lipinski definition) is 0. The normalized spacial score (nSPS) is 18.5. The summed E-state index contributed by atoms with van der Waals surface area (Å²) in [5, 5.41) is 4.51. The van der Waals surface area contributed by atoms with E-state index in [1.807, 2.05) is 17.0 Å². The molecule has 1 amide bonds. The zero-order valence-corrected chi connectivity index (χ0v) is 13.7. The maximum absolute atomic E-state index is 12.6. The first-order valence-corrected chi connectivity index (χ1v) is 8.06. The van der Waals surface area contributed by atoms with Gasteiger partial charge in [0.05, 0.1) is 0 Å². The topological polar surface area (TPSA) is 59.2 Å². The van der Waals surface area contributed by atoms with Crippen molar-refractivity contribution in [3.63, 3.8) is 0 Å². The summed E-state index contributed by atoms with van der Waals surface area (Å²) >= 11 is 5.86. The van der Waals surface area contributed by atoms with Gasteiger partial charge in [0.25, 0.3) is 0 Å². The lowest BCUT2D eigenvalue weighted by molar-refractivity contribution is -0.130. The van der Waals surface area contributed by atoms with Crippen LogP contribution in [0.1, 0.15) is 42.6 Å². The molecular weight excluding hydrogens is 314 g/mol. The lowest BCUT2D eigenvalue weighted by Gasteiger charge is -2.32. The third-order valence-corrected chi connectivity index (χ3v) is 4.15. The lowest BCUT2D eigenvalue weighted by Crippen LogP contribution is -2.37. The van der Waals surface area contributed by atoms with Crippen LogP contribution in [-0.4, -0.2) is 27.5 Å². The molecule has 0 bridgehead atoms. The third-order valence-electron chi connectivity index (χ3n) is 3.90. The fourth-order valence-corrected chi connectivity index (χ4v) is 2.86. The summed E-state index contributed by atoms with van der Waals surface area (Å²) in [6.45, 7) is 2.48. The van der Waals surface area contributed by atoms with E-state index in [1.54, 1.807) is 31.2 Å². The van der Waals surface area contributed by atoms with Crippen LogP contribution in [0.15, 0.2) is 34.9 Å². The van der Waals surface area contributed by atoms with Crippen LogP contribution < -0.4 is 0 Å². The quantitative estimate of drug-likeness (QED) is 0.803. The zero-order valence-electron chi connectivity index (χ0n) is 12.9. The van der Waals surface area contributed by atoms with Crippen LogP contribution in [0.4, 0.5) is 0 Å². The van der Waals surface area contributed by atoms with Gasteiger partial charge in [-0.05, 0) is 50.0 Å². The predicted molar refractivity (Wildman–Crippen MR) is 87.8 cm³/mol. The number of amides is 1. The molecule has 0 N–H and O–H groups in total. The third kappa shape index (κ3) is 3.79. The first kappa shape index (κ1) is 15.7. The fraction of sp³-hybridized carbons (Fsp3) is 0.353. The Morgan fingerprint density at radius 2 is 2.13 bits per heavy atom. The smallest absolute Gasteiger partial charge is 0.249 e. The Bertz CT molecular complexity index is 709. The van der Waals surface area contributed by atoms with Crippen molar-refractivity contribution in [2.45, 2.75) is 32.2 Å². The molecule has 1 aromatic carbocycles. The van der Waals surface area contributed by atoms with Crippen LogP contribution in [0.25, 0.3) is 6.08 Å². The largest absolute Gasteiger partial charge is 0.337 e. The molecule has 1 saturated heterocycles. The predicted octanol–water partition coefficient (Wildman–Crippen LogP) is 3.80. The van der Waals surface area contributed by atoms with Gasteiger partial charge < -0.3 is 9.42 Å². The molecule has 1 unspecified atom stereocenters. The highest BCUT2D eigenvalue weighted by Gasteiger charge is 2.30. The van der Waals surface area contributed by atoms with Gasteiger partial charge in [0.15, 0.2) is 5.82 Å². The number of carbonyl (C=O) groups is 1. The van der Waals surface area contributed by atoms with Crippen molar-refractivity contribution in [2.24, 2.45) is 0 Å². The molecule has 0 spiro atoms. The van der Waals surface area contributed by atoms with Crippen LogP contribution in [0, 0.1) is 6.92 Å². The number of rotatable bonds is 3. The van der Waals surface area contributed by atoms with E-state index in [9.17, 15) is 4.79 Å². The summed E-state index contributed by atoms with van der Waals surface area (Å²) in [4.78, 5) is 18.6. The molecule has 0 radical (unpaired) electrons. The monoisotopic (exact) mass is 331 g/mol. The van der Waals surface area contributed by atoms with Gasteiger partial charge in [0.2, 0.25) is 11.8 Å². The number of hydrogen-bond acceptors (Lipinski definition) is 4. The van der Waals surface area contributed by atoms with Crippen LogP contribution >= 0.6 is 11.6 Å². The van der Waals surface area contributed by atoms with E-state index >= 15 is 0 Å². The molecule has 120 valence electrons. The van der Waals surface area contributed by atoms with Crippen molar-refractivity contribution in [3.8, 4) is 0 Å². The molecule has 5 nitrogen and oxygen atoms in total. The molecule has 0 saturated carbocycles. The second-order valence-electron chi connectivity index (χ2n) is 5.61. The Morgan fingerprint density at radius 3 is 2.83 bits per heavy atom. The second-order valence-corrected chi connectivity index (χ2v) is 6.04. The molecule has 2 aromatic rings. The minimum atomic E-state index is -0.132. The van der Waals surface area contributed by atoms with Crippen LogP contribution in [0.3, 0.4) is 0 Å². The van der Waals surface area contributed by atoms with Crippen molar-refractivity contribution in [3.05, 3.63) is 52.6 Å². The zero-order chi connectivity index (χ0) is 16.2. The van der Waals surface area contributed by atoms with Crippen LogP contribution in [-0.2, 0) is 4.79 Å². The number of benzene rings is 1. The SMILES string of the molecule is Cc1noc(C2CCCCN2C(=O)C=Cc2ccc(Cl)cc2)n1. The van der Waals surface area contributed by atoms with E-state index in [0.717, 1.165) is 24.8 Å².